The summed E-state index contributed by atoms with van der Waals surface area (Å²) in [5.41, 5.74) is 4.47. The van der Waals surface area contributed by atoms with Gasteiger partial charge in [-0.1, -0.05) is 56.1 Å². The van der Waals surface area contributed by atoms with E-state index in [4.69, 9.17) is 0 Å². The number of aromatic nitrogens is 2. The summed E-state index contributed by atoms with van der Waals surface area (Å²) >= 11 is 6.89. The summed E-state index contributed by atoms with van der Waals surface area (Å²) in [7, 11) is 0. The molecule has 0 saturated heterocycles. The van der Waals surface area contributed by atoms with Crippen LogP contribution in [-0.4, -0.2) is 10.2 Å². The summed E-state index contributed by atoms with van der Waals surface area (Å²) in [4.78, 5) is 0. The fraction of sp³-hybridized carbons (Fsp3) is 0.0625. The van der Waals surface area contributed by atoms with Crippen LogP contribution in [0.4, 0.5) is 0 Å². The van der Waals surface area contributed by atoms with E-state index in [0.29, 0.717) is 0 Å². The second kappa shape index (κ2) is 5.94. The van der Waals surface area contributed by atoms with Crippen molar-refractivity contribution in [2.24, 2.45) is 0 Å². The van der Waals surface area contributed by atoms with E-state index in [1.165, 1.54) is 5.56 Å². The average Bonchev–Trinajstić information content (AvgIpc) is 2.91. The van der Waals surface area contributed by atoms with Crippen LogP contribution in [0.2, 0.25) is 0 Å². The van der Waals surface area contributed by atoms with Gasteiger partial charge in [0.25, 0.3) is 0 Å². The Morgan fingerprint density at radius 1 is 0.850 bits per heavy atom. The lowest BCUT2D eigenvalue weighted by molar-refractivity contribution is 0.998. The summed E-state index contributed by atoms with van der Waals surface area (Å²) in [6.45, 7) is 0. The monoisotopic (exact) mass is 390 g/mol. The molecule has 0 radical (unpaired) electrons. The predicted octanol–water partition coefficient (Wildman–Crippen LogP) is 5.19. The maximum Gasteiger partial charge on any atom is 0.0923 e. The molecule has 0 atom stereocenters. The molecule has 0 saturated carbocycles. The first-order valence-electron chi connectivity index (χ1n) is 6.25. The minimum absolute atomic E-state index is 0.858. The second-order valence-corrected chi connectivity index (χ2v) is 6.42. The largest absolute Gasteiger partial charge is 0.282 e. The van der Waals surface area contributed by atoms with Crippen molar-refractivity contribution in [1.82, 2.24) is 10.2 Å². The topological polar surface area (TPSA) is 28.7 Å². The van der Waals surface area contributed by atoms with E-state index in [1.807, 2.05) is 12.1 Å². The fourth-order valence-corrected chi connectivity index (χ4v) is 2.57. The van der Waals surface area contributed by atoms with Crippen molar-refractivity contribution in [1.29, 1.82) is 0 Å². The van der Waals surface area contributed by atoms with E-state index in [2.05, 4.69) is 84.5 Å². The van der Waals surface area contributed by atoms with Crippen LogP contribution < -0.4 is 0 Å². The van der Waals surface area contributed by atoms with Crippen molar-refractivity contribution in [3.63, 3.8) is 0 Å². The van der Waals surface area contributed by atoms with Gasteiger partial charge in [0, 0.05) is 26.6 Å². The molecule has 0 fully saturated rings. The van der Waals surface area contributed by atoms with Gasteiger partial charge in [0.2, 0.25) is 0 Å². The molecule has 3 aromatic rings. The number of nitrogens with zero attached hydrogens (tertiary/aromatic N) is 1. The van der Waals surface area contributed by atoms with E-state index in [9.17, 15) is 0 Å². The molecule has 0 amide bonds. The number of H-pyrrole nitrogens is 1. The van der Waals surface area contributed by atoms with Gasteiger partial charge in [-0.2, -0.15) is 5.10 Å². The molecular formula is C16H12Br2N2. The maximum absolute atomic E-state index is 4.38. The third-order valence-electron chi connectivity index (χ3n) is 3.08. The van der Waals surface area contributed by atoms with E-state index in [0.717, 1.165) is 32.3 Å². The summed E-state index contributed by atoms with van der Waals surface area (Å²) in [6.07, 6.45) is 0.858. The highest BCUT2D eigenvalue weighted by Gasteiger charge is 2.04. The Balaban J connectivity index is 1.80. The lowest BCUT2D eigenvalue weighted by Gasteiger charge is -1.98. The van der Waals surface area contributed by atoms with Gasteiger partial charge < -0.3 is 0 Å². The summed E-state index contributed by atoms with van der Waals surface area (Å²) in [6, 6.07) is 18.6. The number of rotatable bonds is 3. The van der Waals surface area contributed by atoms with Gasteiger partial charge in [0.05, 0.1) is 5.69 Å². The SMILES string of the molecule is Brc1ccc(Cc2cc(-c3ccc(Br)cc3)n[nH]2)cc1. The molecular weight excluding hydrogens is 380 g/mol. The Morgan fingerprint density at radius 3 is 2.10 bits per heavy atom. The molecule has 2 aromatic carbocycles. The molecule has 0 unspecified atom stereocenters. The van der Waals surface area contributed by atoms with Crippen LogP contribution in [0.3, 0.4) is 0 Å². The minimum atomic E-state index is 0.858. The average molecular weight is 392 g/mol. The normalized spacial score (nSPS) is 10.7. The molecule has 1 heterocycles. The van der Waals surface area contributed by atoms with Crippen LogP contribution in [0.1, 0.15) is 11.3 Å². The summed E-state index contributed by atoms with van der Waals surface area (Å²) in [5.74, 6) is 0. The van der Waals surface area contributed by atoms with Gasteiger partial charge in [0.15, 0.2) is 0 Å². The highest BCUT2D eigenvalue weighted by molar-refractivity contribution is 9.10. The Morgan fingerprint density at radius 2 is 1.45 bits per heavy atom. The highest BCUT2D eigenvalue weighted by Crippen LogP contribution is 2.21. The Kier molecular flexibility index (Phi) is 4.03. The fourth-order valence-electron chi connectivity index (χ4n) is 2.04. The summed E-state index contributed by atoms with van der Waals surface area (Å²) < 4.78 is 2.17. The van der Waals surface area contributed by atoms with Crippen molar-refractivity contribution < 1.29 is 0 Å². The standard InChI is InChI=1S/C16H12Br2N2/c17-13-5-1-11(2-6-13)9-15-10-16(20-19-15)12-3-7-14(18)8-4-12/h1-8,10H,9H2,(H,19,20). The molecule has 2 nitrogen and oxygen atoms in total. The first-order valence-corrected chi connectivity index (χ1v) is 7.84. The predicted molar refractivity (Wildman–Crippen MR) is 88.7 cm³/mol. The van der Waals surface area contributed by atoms with Gasteiger partial charge in [-0.3, -0.25) is 5.10 Å². The van der Waals surface area contributed by atoms with Crippen LogP contribution in [0, 0.1) is 0 Å². The van der Waals surface area contributed by atoms with Crippen molar-refractivity contribution in [2.75, 3.05) is 0 Å². The zero-order chi connectivity index (χ0) is 13.9. The number of nitrogens with one attached hydrogen (secondary N) is 1. The molecule has 0 aliphatic heterocycles. The van der Waals surface area contributed by atoms with Crippen LogP contribution in [0.25, 0.3) is 11.3 Å². The Labute approximate surface area is 134 Å². The molecule has 0 aliphatic carbocycles. The van der Waals surface area contributed by atoms with E-state index < -0.39 is 0 Å². The maximum atomic E-state index is 4.38. The molecule has 3 rings (SSSR count). The van der Waals surface area contributed by atoms with Gasteiger partial charge in [0.1, 0.15) is 0 Å². The molecule has 4 heteroatoms. The second-order valence-electron chi connectivity index (χ2n) is 4.59. The molecule has 1 N–H and O–H groups in total. The van der Waals surface area contributed by atoms with E-state index >= 15 is 0 Å². The quantitative estimate of drug-likeness (QED) is 0.653. The van der Waals surface area contributed by atoms with Crippen LogP contribution in [-0.2, 0) is 6.42 Å². The van der Waals surface area contributed by atoms with Crippen LogP contribution in [0.15, 0.2) is 63.5 Å². The molecule has 0 aliphatic rings. The summed E-state index contributed by atoms with van der Waals surface area (Å²) in [5, 5.41) is 7.49. The number of halogens is 2. The minimum Gasteiger partial charge on any atom is -0.282 e. The van der Waals surface area contributed by atoms with Gasteiger partial charge >= 0.3 is 0 Å². The van der Waals surface area contributed by atoms with E-state index in [-0.39, 0.29) is 0 Å². The molecule has 100 valence electrons. The Hall–Kier alpha value is -1.39. The zero-order valence-electron chi connectivity index (χ0n) is 10.6. The number of benzene rings is 2. The number of hydrogen-bond donors (Lipinski definition) is 1. The lowest BCUT2D eigenvalue weighted by atomic mass is 10.1. The Bertz CT molecular complexity index is 700. The van der Waals surface area contributed by atoms with Crippen LogP contribution >= 0.6 is 31.9 Å². The van der Waals surface area contributed by atoms with Crippen molar-refractivity contribution in [3.05, 3.63) is 74.8 Å². The highest BCUT2D eigenvalue weighted by atomic mass is 79.9. The third-order valence-corrected chi connectivity index (χ3v) is 4.14. The lowest BCUT2D eigenvalue weighted by Crippen LogP contribution is -1.87. The molecule has 0 bridgehead atoms. The molecule has 1 aromatic heterocycles. The third kappa shape index (κ3) is 3.19. The van der Waals surface area contributed by atoms with Crippen LogP contribution in [0.5, 0.6) is 0 Å². The first-order chi connectivity index (χ1) is 9.70. The van der Waals surface area contributed by atoms with Gasteiger partial charge in [-0.05, 0) is 35.9 Å². The zero-order valence-corrected chi connectivity index (χ0v) is 13.8. The first kappa shape index (κ1) is 13.6. The van der Waals surface area contributed by atoms with Crippen molar-refractivity contribution >= 4 is 31.9 Å². The molecule has 20 heavy (non-hydrogen) atoms. The van der Waals surface area contributed by atoms with Gasteiger partial charge in [-0.15, -0.1) is 0 Å². The van der Waals surface area contributed by atoms with Gasteiger partial charge in [-0.25, -0.2) is 0 Å². The van der Waals surface area contributed by atoms with E-state index in [1.54, 1.807) is 0 Å². The number of hydrogen-bond acceptors (Lipinski definition) is 1. The molecule has 0 spiro atoms. The number of aromatic amines is 1. The van der Waals surface area contributed by atoms with Crippen molar-refractivity contribution in [2.45, 2.75) is 6.42 Å². The van der Waals surface area contributed by atoms with Crippen molar-refractivity contribution in [3.8, 4) is 11.3 Å². The smallest absolute Gasteiger partial charge is 0.0923 e.